The monoisotopic (exact) mass is 244 g/mol. The van der Waals surface area contributed by atoms with Gasteiger partial charge >= 0.3 is 0 Å². The van der Waals surface area contributed by atoms with Gasteiger partial charge in [0.2, 0.25) is 15.9 Å². The third-order valence-corrected chi connectivity index (χ3v) is 2.93. The Kier molecular flexibility index (Phi) is 4.70. The second-order valence-electron chi connectivity index (χ2n) is 3.43. The van der Waals surface area contributed by atoms with Gasteiger partial charge in [-0.15, -0.1) is 0 Å². The molecule has 0 saturated heterocycles. The first-order valence-corrected chi connectivity index (χ1v) is 6.70. The summed E-state index contributed by atoms with van der Waals surface area (Å²) in [5, 5.41) is 4.94. The lowest BCUT2D eigenvalue weighted by atomic mass is 10.3. The van der Waals surface area contributed by atoms with Crippen LogP contribution in [0.2, 0.25) is 0 Å². The third kappa shape index (κ3) is 4.16. The lowest BCUT2D eigenvalue weighted by Crippen LogP contribution is -2.12. The largest absolute Gasteiger partial charge is 0.478 e. The highest BCUT2D eigenvalue weighted by Gasteiger charge is 2.07. The van der Waals surface area contributed by atoms with Gasteiger partial charge in [0.25, 0.3) is 0 Å². The van der Waals surface area contributed by atoms with Gasteiger partial charge in [0.1, 0.15) is 4.90 Å². The average molecular weight is 244 g/mol. The molecule has 0 aliphatic rings. The topological polar surface area (TPSA) is 82.3 Å². The summed E-state index contributed by atoms with van der Waals surface area (Å²) in [5.74, 6) is 0.420. The molecule has 6 heteroatoms. The van der Waals surface area contributed by atoms with Crippen molar-refractivity contribution in [3.8, 4) is 5.88 Å². The molecule has 0 spiro atoms. The molecule has 0 aromatic carbocycles. The highest BCUT2D eigenvalue weighted by molar-refractivity contribution is 7.89. The van der Waals surface area contributed by atoms with Crippen molar-refractivity contribution in [3.63, 3.8) is 0 Å². The number of primary sulfonamides is 1. The van der Waals surface area contributed by atoms with Crippen LogP contribution in [0.3, 0.4) is 0 Å². The van der Waals surface area contributed by atoms with Crippen molar-refractivity contribution >= 4 is 10.0 Å². The fraction of sp³-hybridized carbons (Fsp3) is 0.500. The minimum Gasteiger partial charge on any atom is -0.478 e. The van der Waals surface area contributed by atoms with Crippen molar-refractivity contribution < 1.29 is 13.2 Å². The van der Waals surface area contributed by atoms with E-state index in [1.165, 1.54) is 18.3 Å². The molecular weight excluding hydrogens is 228 g/mol. The van der Waals surface area contributed by atoms with Crippen LogP contribution >= 0.6 is 0 Å². The summed E-state index contributed by atoms with van der Waals surface area (Å²) in [5.41, 5.74) is 0. The van der Waals surface area contributed by atoms with E-state index in [0.717, 1.165) is 19.3 Å². The van der Waals surface area contributed by atoms with Gasteiger partial charge in [-0.2, -0.15) is 0 Å². The Hall–Kier alpha value is -1.14. The number of hydrogen-bond acceptors (Lipinski definition) is 4. The number of nitrogens with two attached hydrogens (primary N) is 1. The predicted molar refractivity (Wildman–Crippen MR) is 60.6 cm³/mol. The van der Waals surface area contributed by atoms with Crippen LogP contribution in [-0.2, 0) is 10.0 Å². The molecule has 1 rings (SSSR count). The smallest absolute Gasteiger partial charge is 0.239 e. The molecule has 90 valence electrons. The van der Waals surface area contributed by atoms with E-state index in [1.54, 1.807) is 0 Å². The van der Waals surface area contributed by atoms with Gasteiger partial charge in [0.15, 0.2) is 0 Å². The Morgan fingerprint density at radius 2 is 2.12 bits per heavy atom. The molecule has 0 radical (unpaired) electrons. The van der Waals surface area contributed by atoms with E-state index in [-0.39, 0.29) is 4.90 Å². The minimum atomic E-state index is -3.67. The molecule has 0 atom stereocenters. The van der Waals surface area contributed by atoms with Gasteiger partial charge in [-0.25, -0.2) is 18.5 Å². The summed E-state index contributed by atoms with van der Waals surface area (Å²) in [6, 6.07) is 2.89. The van der Waals surface area contributed by atoms with Gasteiger partial charge in [0, 0.05) is 6.07 Å². The maximum Gasteiger partial charge on any atom is 0.239 e. The molecule has 0 saturated carbocycles. The fourth-order valence-electron chi connectivity index (χ4n) is 1.15. The molecule has 0 aliphatic heterocycles. The van der Waals surface area contributed by atoms with Gasteiger partial charge in [0.05, 0.1) is 12.8 Å². The van der Waals surface area contributed by atoms with E-state index in [4.69, 9.17) is 9.88 Å². The van der Waals surface area contributed by atoms with Crippen LogP contribution in [0.4, 0.5) is 0 Å². The lowest BCUT2D eigenvalue weighted by Gasteiger charge is -2.04. The van der Waals surface area contributed by atoms with Crippen molar-refractivity contribution in [2.75, 3.05) is 6.61 Å². The first-order valence-electron chi connectivity index (χ1n) is 5.15. The van der Waals surface area contributed by atoms with Crippen molar-refractivity contribution in [2.45, 2.75) is 31.1 Å². The SMILES string of the molecule is CCCCCOc1ccc(S(N)(=O)=O)cn1. The second kappa shape index (κ2) is 5.81. The zero-order valence-corrected chi connectivity index (χ0v) is 10.0. The number of nitrogens with zero attached hydrogens (tertiary/aromatic N) is 1. The van der Waals surface area contributed by atoms with E-state index < -0.39 is 10.0 Å². The highest BCUT2D eigenvalue weighted by atomic mass is 32.2. The van der Waals surface area contributed by atoms with Crippen molar-refractivity contribution in [2.24, 2.45) is 5.14 Å². The molecule has 16 heavy (non-hydrogen) atoms. The van der Waals surface area contributed by atoms with E-state index in [0.29, 0.717) is 12.5 Å². The van der Waals surface area contributed by atoms with Crippen molar-refractivity contribution in [1.29, 1.82) is 0 Å². The van der Waals surface area contributed by atoms with Gasteiger partial charge < -0.3 is 4.74 Å². The van der Waals surface area contributed by atoms with Crippen LogP contribution in [0.1, 0.15) is 26.2 Å². The standard InChI is InChI=1S/C10H16N2O3S/c1-2-3-4-7-15-10-6-5-9(8-12-10)16(11,13)14/h5-6,8H,2-4,7H2,1H3,(H2,11,13,14). The number of rotatable bonds is 6. The van der Waals surface area contributed by atoms with Crippen LogP contribution in [0.25, 0.3) is 0 Å². The Morgan fingerprint density at radius 3 is 2.62 bits per heavy atom. The number of aromatic nitrogens is 1. The molecule has 0 bridgehead atoms. The Balaban J connectivity index is 2.52. The fourth-order valence-corrected chi connectivity index (χ4v) is 1.61. The van der Waals surface area contributed by atoms with Gasteiger partial charge in [-0.05, 0) is 12.5 Å². The quantitative estimate of drug-likeness (QED) is 0.764. The summed E-state index contributed by atoms with van der Waals surface area (Å²) in [7, 11) is -3.67. The predicted octanol–water partition coefficient (Wildman–Crippen LogP) is 1.30. The maximum absolute atomic E-state index is 10.9. The Bertz CT molecular complexity index is 414. The highest BCUT2D eigenvalue weighted by Crippen LogP contribution is 2.11. The Labute approximate surface area is 95.7 Å². The minimum absolute atomic E-state index is 0.00610. The van der Waals surface area contributed by atoms with Crippen LogP contribution in [0.5, 0.6) is 5.88 Å². The first-order chi connectivity index (χ1) is 7.54. The third-order valence-electron chi connectivity index (χ3n) is 2.04. The molecule has 1 aromatic rings. The van der Waals surface area contributed by atoms with Crippen LogP contribution in [-0.4, -0.2) is 20.0 Å². The zero-order valence-electron chi connectivity index (χ0n) is 9.22. The summed E-state index contributed by atoms with van der Waals surface area (Å²) >= 11 is 0. The molecule has 0 fully saturated rings. The van der Waals surface area contributed by atoms with Gasteiger partial charge in [-0.3, -0.25) is 0 Å². The summed E-state index contributed by atoms with van der Waals surface area (Å²) in [4.78, 5) is 3.86. The Morgan fingerprint density at radius 1 is 1.38 bits per heavy atom. The molecule has 2 N–H and O–H groups in total. The second-order valence-corrected chi connectivity index (χ2v) is 4.99. The molecule has 5 nitrogen and oxygen atoms in total. The summed E-state index contributed by atoms with van der Waals surface area (Å²) < 4.78 is 27.2. The average Bonchev–Trinajstić information content (AvgIpc) is 2.24. The van der Waals surface area contributed by atoms with E-state index in [9.17, 15) is 8.42 Å². The van der Waals surface area contributed by atoms with Crippen molar-refractivity contribution in [3.05, 3.63) is 18.3 Å². The summed E-state index contributed by atoms with van der Waals surface area (Å²) in [6.45, 7) is 2.70. The number of hydrogen-bond donors (Lipinski definition) is 1. The number of sulfonamides is 1. The van der Waals surface area contributed by atoms with E-state index >= 15 is 0 Å². The number of ether oxygens (including phenoxy) is 1. The van der Waals surface area contributed by atoms with Crippen molar-refractivity contribution in [1.82, 2.24) is 4.98 Å². The number of pyridine rings is 1. The molecule has 1 aromatic heterocycles. The van der Waals surface area contributed by atoms with E-state index in [1.807, 2.05) is 0 Å². The maximum atomic E-state index is 10.9. The van der Waals surface area contributed by atoms with Gasteiger partial charge in [-0.1, -0.05) is 19.8 Å². The normalized spacial score (nSPS) is 11.4. The molecular formula is C10H16N2O3S. The van der Waals surface area contributed by atoms with Crippen LogP contribution in [0, 0.1) is 0 Å². The molecule has 0 unspecified atom stereocenters. The molecule has 0 amide bonds. The molecule has 0 aliphatic carbocycles. The number of unbranched alkanes of at least 4 members (excludes halogenated alkanes) is 2. The lowest BCUT2D eigenvalue weighted by molar-refractivity contribution is 0.294. The van der Waals surface area contributed by atoms with Crippen LogP contribution < -0.4 is 9.88 Å². The first kappa shape index (κ1) is 12.9. The summed E-state index contributed by atoms with van der Waals surface area (Å²) in [6.07, 6.45) is 4.40. The molecule has 1 heterocycles. The van der Waals surface area contributed by atoms with Crippen LogP contribution in [0.15, 0.2) is 23.2 Å². The zero-order chi connectivity index (χ0) is 12.0. The van der Waals surface area contributed by atoms with E-state index in [2.05, 4.69) is 11.9 Å².